The Morgan fingerprint density at radius 2 is 2.09 bits per heavy atom. The number of carbonyl (C=O) groups is 1. The molecule has 7 heteroatoms. The van der Waals surface area contributed by atoms with E-state index < -0.39 is 0 Å². The summed E-state index contributed by atoms with van der Waals surface area (Å²) in [5.74, 6) is 1.72. The summed E-state index contributed by atoms with van der Waals surface area (Å²) >= 11 is 1.57. The monoisotopic (exact) mass is 341 g/mol. The first-order chi connectivity index (χ1) is 11.1. The Bertz CT molecular complexity index is 497. The number of amides is 1. The van der Waals surface area contributed by atoms with Crippen LogP contribution in [0.5, 0.6) is 0 Å². The van der Waals surface area contributed by atoms with Crippen LogP contribution in [0, 0.1) is 5.92 Å². The van der Waals surface area contributed by atoms with Gasteiger partial charge in [-0.15, -0.1) is 0 Å². The van der Waals surface area contributed by atoms with Crippen molar-refractivity contribution in [3.63, 3.8) is 0 Å². The zero-order valence-electron chi connectivity index (χ0n) is 14.4. The zero-order valence-corrected chi connectivity index (χ0v) is 15.2. The fraction of sp³-hybridized carbons (Fsp3) is 0.812. The molecule has 130 valence electrons. The molecule has 1 aliphatic heterocycles. The lowest BCUT2D eigenvalue weighted by atomic mass is 9.91. The van der Waals surface area contributed by atoms with Crippen LogP contribution in [0.25, 0.3) is 0 Å². The first-order valence-corrected chi connectivity index (χ1v) is 9.60. The molecule has 0 unspecified atom stereocenters. The minimum Gasteiger partial charge on any atom is -0.381 e. The second-order valence-corrected chi connectivity index (χ2v) is 7.25. The van der Waals surface area contributed by atoms with Crippen LogP contribution in [0.15, 0.2) is 4.52 Å². The predicted molar refractivity (Wildman–Crippen MR) is 90.4 cm³/mol. The Morgan fingerprint density at radius 3 is 2.61 bits per heavy atom. The number of nitrogens with zero attached hydrogens (tertiary/aromatic N) is 2. The van der Waals surface area contributed by atoms with E-state index in [0.717, 1.165) is 19.3 Å². The Kier molecular flexibility index (Phi) is 6.89. The highest BCUT2D eigenvalue weighted by Crippen LogP contribution is 2.30. The number of ether oxygens (including phenoxy) is 1. The van der Waals surface area contributed by atoms with Gasteiger partial charge in [-0.1, -0.05) is 25.9 Å². The molecule has 1 aliphatic rings. The third-order valence-corrected chi connectivity index (χ3v) is 5.34. The largest absolute Gasteiger partial charge is 0.381 e. The number of nitrogens with one attached hydrogen (secondary N) is 1. The van der Waals surface area contributed by atoms with E-state index >= 15 is 0 Å². The molecule has 1 amide bonds. The average molecular weight is 341 g/mol. The van der Waals surface area contributed by atoms with Crippen molar-refractivity contribution < 1.29 is 14.1 Å². The van der Waals surface area contributed by atoms with Crippen molar-refractivity contribution in [2.45, 2.75) is 57.2 Å². The van der Waals surface area contributed by atoms with E-state index in [1.807, 2.05) is 27.0 Å². The lowest BCUT2D eigenvalue weighted by Crippen LogP contribution is -2.40. The molecule has 1 fully saturated rings. The standard InChI is InChI=1S/C16H27N3O3S/c1-5-12(23-4)15(20)17-13(11-6-8-21-9-7-11)16-18-14(10(2)3)19-22-16/h10-13H,5-9H2,1-4H3,(H,17,20)/t12-,13+/m0/s1. The summed E-state index contributed by atoms with van der Waals surface area (Å²) in [6, 6.07) is -0.229. The third kappa shape index (κ3) is 4.70. The van der Waals surface area contributed by atoms with Crippen LogP contribution in [0.4, 0.5) is 0 Å². The van der Waals surface area contributed by atoms with Crippen LogP contribution in [-0.4, -0.2) is 40.8 Å². The molecular weight excluding hydrogens is 314 g/mol. The number of aromatic nitrogens is 2. The van der Waals surface area contributed by atoms with E-state index in [9.17, 15) is 4.79 Å². The second-order valence-electron chi connectivity index (χ2n) is 6.21. The van der Waals surface area contributed by atoms with Crippen molar-refractivity contribution in [3.05, 3.63) is 11.7 Å². The highest BCUT2D eigenvalue weighted by molar-refractivity contribution is 7.99. The number of thioether (sulfide) groups is 1. The molecule has 0 bridgehead atoms. The van der Waals surface area contributed by atoms with E-state index in [1.165, 1.54) is 0 Å². The third-order valence-electron chi connectivity index (χ3n) is 4.22. The quantitative estimate of drug-likeness (QED) is 0.821. The lowest BCUT2D eigenvalue weighted by Gasteiger charge is -2.29. The summed E-state index contributed by atoms with van der Waals surface area (Å²) in [6.07, 6.45) is 4.54. The van der Waals surface area contributed by atoms with Crippen molar-refractivity contribution in [2.75, 3.05) is 19.5 Å². The molecule has 2 heterocycles. The Morgan fingerprint density at radius 1 is 1.39 bits per heavy atom. The summed E-state index contributed by atoms with van der Waals surface area (Å²) in [4.78, 5) is 17.0. The van der Waals surface area contributed by atoms with Gasteiger partial charge in [-0.2, -0.15) is 16.7 Å². The van der Waals surface area contributed by atoms with Crippen molar-refractivity contribution >= 4 is 17.7 Å². The van der Waals surface area contributed by atoms with Crippen molar-refractivity contribution in [3.8, 4) is 0 Å². The zero-order chi connectivity index (χ0) is 16.8. The highest BCUT2D eigenvalue weighted by atomic mass is 32.2. The van der Waals surface area contributed by atoms with Gasteiger partial charge in [-0.25, -0.2) is 0 Å². The minimum atomic E-state index is -0.229. The molecule has 0 spiro atoms. The second kappa shape index (κ2) is 8.68. The molecule has 6 nitrogen and oxygen atoms in total. The van der Waals surface area contributed by atoms with Crippen molar-refractivity contribution in [2.24, 2.45) is 5.92 Å². The molecule has 23 heavy (non-hydrogen) atoms. The Hall–Kier alpha value is -1.08. The molecule has 1 saturated heterocycles. The first-order valence-electron chi connectivity index (χ1n) is 8.31. The van der Waals surface area contributed by atoms with E-state index in [4.69, 9.17) is 9.26 Å². The van der Waals surface area contributed by atoms with Crippen LogP contribution in [0.3, 0.4) is 0 Å². The van der Waals surface area contributed by atoms with Crippen molar-refractivity contribution in [1.29, 1.82) is 0 Å². The summed E-state index contributed by atoms with van der Waals surface area (Å²) in [5.41, 5.74) is 0. The highest BCUT2D eigenvalue weighted by Gasteiger charge is 2.33. The van der Waals surface area contributed by atoms with Gasteiger partial charge in [0.2, 0.25) is 11.8 Å². The van der Waals surface area contributed by atoms with Crippen LogP contribution < -0.4 is 5.32 Å². The average Bonchev–Trinajstić information content (AvgIpc) is 3.04. The van der Waals surface area contributed by atoms with Gasteiger partial charge in [0.1, 0.15) is 6.04 Å². The van der Waals surface area contributed by atoms with Gasteiger partial charge >= 0.3 is 0 Å². The summed E-state index contributed by atoms with van der Waals surface area (Å²) in [6.45, 7) is 7.49. The summed E-state index contributed by atoms with van der Waals surface area (Å²) in [5, 5.41) is 7.14. The minimum absolute atomic E-state index is 0.0424. The number of hydrogen-bond acceptors (Lipinski definition) is 6. The van der Waals surface area contributed by atoms with Gasteiger partial charge in [0.05, 0.1) is 5.25 Å². The Balaban J connectivity index is 2.18. The topological polar surface area (TPSA) is 77.3 Å². The lowest BCUT2D eigenvalue weighted by molar-refractivity contribution is -0.122. The SMILES string of the molecule is CC[C@H](SC)C(=O)N[C@@H](c1nc(C(C)C)no1)C1CCOCC1. The fourth-order valence-corrected chi connectivity index (χ4v) is 3.36. The van der Waals surface area contributed by atoms with Gasteiger partial charge in [-0.3, -0.25) is 4.79 Å². The molecule has 1 aromatic heterocycles. The summed E-state index contributed by atoms with van der Waals surface area (Å²) in [7, 11) is 0. The van der Waals surface area contributed by atoms with Crippen molar-refractivity contribution in [1.82, 2.24) is 15.5 Å². The maximum atomic E-state index is 12.5. The van der Waals surface area contributed by atoms with E-state index in [1.54, 1.807) is 11.8 Å². The van der Waals surface area contributed by atoms with Crippen LogP contribution >= 0.6 is 11.8 Å². The molecule has 0 saturated carbocycles. The van der Waals surface area contributed by atoms with Crippen LogP contribution in [0.2, 0.25) is 0 Å². The van der Waals surface area contributed by atoms with Gasteiger partial charge in [-0.05, 0) is 31.4 Å². The maximum Gasteiger partial charge on any atom is 0.249 e. The molecule has 1 N–H and O–H groups in total. The number of rotatable bonds is 7. The number of hydrogen-bond donors (Lipinski definition) is 1. The molecule has 0 radical (unpaired) electrons. The van der Waals surface area contributed by atoms with E-state index in [-0.39, 0.29) is 29.0 Å². The molecule has 2 rings (SSSR count). The van der Waals surface area contributed by atoms with Gasteiger partial charge in [0, 0.05) is 19.1 Å². The molecule has 0 aromatic carbocycles. The maximum absolute atomic E-state index is 12.5. The molecular formula is C16H27N3O3S. The smallest absolute Gasteiger partial charge is 0.249 e. The summed E-state index contributed by atoms with van der Waals surface area (Å²) < 4.78 is 10.9. The fourth-order valence-electron chi connectivity index (χ4n) is 2.74. The molecule has 2 atom stereocenters. The predicted octanol–water partition coefficient (Wildman–Crippen LogP) is 2.92. The number of carbonyl (C=O) groups excluding carboxylic acids is 1. The van der Waals surface area contributed by atoms with Gasteiger partial charge in [0.25, 0.3) is 0 Å². The van der Waals surface area contributed by atoms with E-state index in [0.29, 0.717) is 24.9 Å². The molecule has 0 aliphatic carbocycles. The van der Waals surface area contributed by atoms with Gasteiger partial charge in [0.15, 0.2) is 5.82 Å². The van der Waals surface area contributed by atoms with E-state index in [2.05, 4.69) is 15.5 Å². The van der Waals surface area contributed by atoms with Crippen LogP contribution in [0.1, 0.15) is 63.7 Å². The Labute approximate surface area is 142 Å². The first kappa shape index (κ1) is 18.3. The normalized spacial score (nSPS) is 18.8. The van der Waals surface area contributed by atoms with Crippen LogP contribution in [-0.2, 0) is 9.53 Å². The van der Waals surface area contributed by atoms with Gasteiger partial charge < -0.3 is 14.6 Å². The molecule has 1 aromatic rings.